The Kier molecular flexibility index (Phi) is 6.98. The van der Waals surface area contributed by atoms with Gasteiger partial charge < -0.3 is 24.6 Å². The Hall–Kier alpha value is -4.23. The number of unbranched alkanes of at least 4 members (excludes halogenated alkanes) is 2. The molecule has 2 aromatic carbocycles. The van der Waals surface area contributed by atoms with Crippen molar-refractivity contribution in [3.05, 3.63) is 41.5 Å². The van der Waals surface area contributed by atoms with Gasteiger partial charge in [0, 0.05) is 24.1 Å². The van der Waals surface area contributed by atoms with E-state index in [9.17, 15) is 9.50 Å². The average molecular weight is 547 g/mol. The summed E-state index contributed by atoms with van der Waals surface area (Å²) >= 11 is 0. The van der Waals surface area contributed by atoms with Gasteiger partial charge in [-0.1, -0.05) is 12.0 Å². The predicted molar refractivity (Wildman–Crippen MR) is 147 cm³/mol. The minimum atomic E-state index is -0.786. The summed E-state index contributed by atoms with van der Waals surface area (Å²) in [6, 6.07) is 5.48. The second kappa shape index (κ2) is 10.7. The molecular weight excluding hydrogens is 518 g/mol. The lowest BCUT2D eigenvalue weighted by Gasteiger charge is -2.34. The number of aromatic nitrogens is 3. The zero-order valence-electron chi connectivity index (χ0n) is 21.8. The molecule has 2 aliphatic rings. The first-order chi connectivity index (χ1) is 19.5. The van der Waals surface area contributed by atoms with Gasteiger partial charge in [-0.15, -0.1) is 6.42 Å². The Morgan fingerprint density at radius 3 is 2.80 bits per heavy atom. The van der Waals surface area contributed by atoms with Gasteiger partial charge in [0.05, 0.1) is 18.2 Å². The van der Waals surface area contributed by atoms with Crippen LogP contribution in [0.15, 0.2) is 24.3 Å². The number of benzene rings is 2. The summed E-state index contributed by atoms with van der Waals surface area (Å²) in [5, 5.41) is 20.5. The van der Waals surface area contributed by atoms with Gasteiger partial charge in [0.15, 0.2) is 5.82 Å². The van der Waals surface area contributed by atoms with Crippen molar-refractivity contribution >= 4 is 27.5 Å². The van der Waals surface area contributed by atoms with Crippen LogP contribution in [0, 0.1) is 24.0 Å². The van der Waals surface area contributed by atoms with Crippen molar-refractivity contribution in [2.45, 2.75) is 44.6 Å². The fraction of sp³-hybridized carbons (Fsp3) is 0.367. The first kappa shape index (κ1) is 26.0. The third kappa shape index (κ3) is 4.50. The summed E-state index contributed by atoms with van der Waals surface area (Å²) in [6.45, 7) is 1.46. The molecule has 2 aliphatic heterocycles. The quantitative estimate of drug-likeness (QED) is 0.244. The summed E-state index contributed by atoms with van der Waals surface area (Å²) in [4.78, 5) is 15.8. The molecule has 10 heteroatoms. The third-order valence-corrected chi connectivity index (χ3v) is 7.51. The number of rotatable bonds is 7. The number of halogens is 2. The number of hydrogen-bond donors (Lipinski definition) is 2. The summed E-state index contributed by atoms with van der Waals surface area (Å²) in [5.74, 6) is 1.43. The number of anilines is 1. The molecular formula is C30H28F2N4O4. The van der Waals surface area contributed by atoms with E-state index in [1.54, 1.807) is 0 Å². The molecule has 4 heterocycles. The minimum absolute atomic E-state index is 0.0219. The zero-order chi connectivity index (χ0) is 27.8. The van der Waals surface area contributed by atoms with Crippen molar-refractivity contribution in [1.29, 1.82) is 0 Å². The summed E-state index contributed by atoms with van der Waals surface area (Å²) < 4.78 is 43.3. The van der Waals surface area contributed by atoms with E-state index in [0.717, 1.165) is 32.2 Å². The van der Waals surface area contributed by atoms with Crippen molar-refractivity contribution < 1.29 is 28.5 Å². The largest absolute Gasteiger partial charge is 0.508 e. The number of phenolic OH excluding ortho intramolecular Hbond substituents is 1. The molecule has 0 spiro atoms. The van der Waals surface area contributed by atoms with Crippen LogP contribution in [-0.2, 0) is 0 Å². The van der Waals surface area contributed by atoms with Crippen LogP contribution in [0.4, 0.5) is 14.6 Å². The van der Waals surface area contributed by atoms with E-state index < -0.39 is 11.6 Å². The second-order valence-electron chi connectivity index (χ2n) is 10.1. The number of aromatic hydroxyl groups is 1. The molecule has 1 saturated heterocycles. The van der Waals surface area contributed by atoms with Gasteiger partial charge in [-0.25, -0.2) is 13.8 Å². The molecule has 0 saturated carbocycles. The smallest absolute Gasteiger partial charge is 0.319 e. The summed E-state index contributed by atoms with van der Waals surface area (Å²) in [5.41, 5.74) is -0.163. The van der Waals surface area contributed by atoms with E-state index in [0.29, 0.717) is 42.6 Å². The number of nitrogens with zero attached hydrogens (tertiary/aromatic N) is 4. The highest BCUT2D eigenvalue weighted by Crippen LogP contribution is 2.44. The molecule has 4 aromatic rings. The molecule has 2 N–H and O–H groups in total. The van der Waals surface area contributed by atoms with E-state index in [-0.39, 0.29) is 58.0 Å². The van der Waals surface area contributed by atoms with E-state index in [2.05, 4.69) is 25.8 Å². The van der Waals surface area contributed by atoms with Crippen molar-refractivity contribution in [2.24, 2.45) is 0 Å². The molecule has 40 heavy (non-hydrogen) atoms. The highest BCUT2D eigenvalue weighted by atomic mass is 19.1. The van der Waals surface area contributed by atoms with Crippen molar-refractivity contribution in [3.63, 3.8) is 0 Å². The zero-order valence-corrected chi connectivity index (χ0v) is 21.8. The Morgan fingerprint density at radius 1 is 1.10 bits per heavy atom. The van der Waals surface area contributed by atoms with E-state index in [1.165, 1.54) is 24.3 Å². The van der Waals surface area contributed by atoms with Crippen LogP contribution in [-0.4, -0.2) is 57.6 Å². The van der Waals surface area contributed by atoms with Crippen LogP contribution < -0.4 is 14.4 Å². The van der Waals surface area contributed by atoms with Crippen LogP contribution in [0.2, 0.25) is 0 Å². The number of fused-ring (bicyclic) bond motifs is 3. The normalized spacial score (nSPS) is 16.4. The molecule has 0 aliphatic carbocycles. The highest BCUT2D eigenvalue weighted by molar-refractivity contribution is 6.04. The number of aliphatic hydroxyl groups is 1. The molecule has 0 radical (unpaired) electrons. The maximum absolute atomic E-state index is 16.6. The fourth-order valence-electron chi connectivity index (χ4n) is 5.59. The molecule has 6 rings (SSSR count). The van der Waals surface area contributed by atoms with Crippen molar-refractivity contribution in [1.82, 2.24) is 15.0 Å². The maximum atomic E-state index is 16.6. The lowest BCUT2D eigenvalue weighted by molar-refractivity contribution is 0.256. The molecule has 0 bridgehead atoms. The molecule has 2 aromatic heterocycles. The Balaban J connectivity index is 1.58. The number of terminal acetylenes is 1. The van der Waals surface area contributed by atoms with Gasteiger partial charge in [-0.2, -0.15) is 9.97 Å². The molecule has 0 amide bonds. The first-order valence-electron chi connectivity index (χ1n) is 13.5. The maximum Gasteiger partial charge on any atom is 0.319 e. The highest BCUT2D eigenvalue weighted by Gasteiger charge is 2.34. The first-order valence-corrected chi connectivity index (χ1v) is 13.5. The summed E-state index contributed by atoms with van der Waals surface area (Å²) in [7, 11) is 0. The number of ether oxygens (including phenoxy) is 2. The van der Waals surface area contributed by atoms with Gasteiger partial charge in [-0.05, 0) is 62.1 Å². The second-order valence-corrected chi connectivity index (χ2v) is 10.1. The molecule has 1 fully saturated rings. The van der Waals surface area contributed by atoms with Crippen molar-refractivity contribution in [3.8, 4) is 41.2 Å². The van der Waals surface area contributed by atoms with Crippen LogP contribution in [0.1, 0.15) is 44.1 Å². The monoisotopic (exact) mass is 546 g/mol. The molecule has 0 unspecified atom stereocenters. The van der Waals surface area contributed by atoms with Gasteiger partial charge in [0.25, 0.3) is 0 Å². The standard InChI is InChI=1S/C30H28F2N4O4/c1-2-20-22(31)10-9-17-14-19(38)15-21(23(17)20)26-25(32)27-24-28(35-30(34-27)39-13-7-3-6-12-37)36-11-5-4-8-18(36)16-40-29(24)33-26/h1,9-10,14-15,18,37-38H,3-8,11-13,16H2/t18-/m0/s1. The van der Waals surface area contributed by atoms with E-state index in [4.69, 9.17) is 21.0 Å². The molecule has 1 atom stereocenters. The van der Waals surface area contributed by atoms with E-state index >= 15 is 4.39 Å². The lowest BCUT2D eigenvalue weighted by Crippen LogP contribution is -2.42. The SMILES string of the molecule is C#Cc1c(F)ccc2cc(O)cc(-c3nc4c5c(nc(OCCCCCO)nc5c3F)N3CCCC[C@H]3CO4)c12. The average Bonchev–Trinajstić information content (AvgIpc) is 3.12. The molecule has 8 nitrogen and oxygen atoms in total. The minimum Gasteiger partial charge on any atom is -0.508 e. The lowest BCUT2D eigenvalue weighted by atomic mass is 9.95. The number of phenols is 1. The predicted octanol–water partition coefficient (Wildman–Crippen LogP) is 5.10. The van der Waals surface area contributed by atoms with Gasteiger partial charge in [-0.3, -0.25) is 0 Å². The van der Waals surface area contributed by atoms with Crippen LogP contribution >= 0.6 is 0 Å². The number of aliphatic hydroxyl groups excluding tert-OH is 1. The Labute approximate surface area is 229 Å². The third-order valence-electron chi connectivity index (χ3n) is 7.51. The van der Waals surface area contributed by atoms with Crippen LogP contribution in [0.3, 0.4) is 0 Å². The molecule has 206 valence electrons. The van der Waals surface area contributed by atoms with Crippen molar-refractivity contribution in [2.75, 3.05) is 31.3 Å². The Bertz CT molecular complexity index is 1660. The van der Waals surface area contributed by atoms with E-state index in [1.807, 2.05) is 0 Å². The van der Waals surface area contributed by atoms with Gasteiger partial charge >= 0.3 is 6.01 Å². The van der Waals surface area contributed by atoms with Gasteiger partial charge in [0.2, 0.25) is 5.88 Å². The van der Waals surface area contributed by atoms with Gasteiger partial charge in [0.1, 0.15) is 40.6 Å². The van der Waals surface area contributed by atoms with Crippen LogP contribution in [0.25, 0.3) is 32.9 Å². The summed E-state index contributed by atoms with van der Waals surface area (Å²) in [6.07, 6.45) is 10.6. The topological polar surface area (TPSA) is 101 Å². The van der Waals surface area contributed by atoms with Crippen LogP contribution in [0.5, 0.6) is 17.6 Å². The Morgan fingerprint density at radius 2 is 1.98 bits per heavy atom. The number of pyridine rings is 1. The fourth-order valence-corrected chi connectivity index (χ4v) is 5.59. The number of hydrogen-bond acceptors (Lipinski definition) is 8. The number of piperidine rings is 1.